The van der Waals surface area contributed by atoms with Crippen LogP contribution in [0.1, 0.15) is 19.8 Å². The monoisotopic (exact) mass is 208 g/mol. The molecule has 2 amide bonds. The molecule has 2 N–H and O–H groups in total. The molecule has 1 saturated heterocycles. The van der Waals surface area contributed by atoms with Crippen molar-refractivity contribution < 1.29 is 9.59 Å². The van der Waals surface area contributed by atoms with Gasteiger partial charge >= 0.3 is 0 Å². The summed E-state index contributed by atoms with van der Waals surface area (Å²) in [7, 11) is 0. The number of nitrogens with two attached hydrogens (primary N) is 1. The third-order valence-electron chi connectivity index (χ3n) is 3.07. The normalized spacial score (nSPS) is 32.0. The van der Waals surface area contributed by atoms with Crippen LogP contribution in [-0.4, -0.2) is 29.3 Å². The Bertz CT molecular complexity index is 297. The molecule has 0 saturated carbocycles. The van der Waals surface area contributed by atoms with Crippen molar-refractivity contribution in [1.29, 1.82) is 0 Å². The van der Waals surface area contributed by atoms with E-state index in [0.29, 0.717) is 19.4 Å². The second-order valence-electron chi connectivity index (χ2n) is 4.42. The highest BCUT2D eigenvalue weighted by atomic mass is 16.2. The van der Waals surface area contributed by atoms with E-state index in [0.717, 1.165) is 0 Å². The maximum Gasteiger partial charge on any atom is 0.233 e. The number of rotatable bonds is 2. The van der Waals surface area contributed by atoms with E-state index in [1.54, 1.807) is 6.92 Å². The third-order valence-corrected chi connectivity index (χ3v) is 3.07. The minimum atomic E-state index is -0.147. The maximum atomic E-state index is 11.9. The smallest absolute Gasteiger partial charge is 0.233 e. The predicted molar refractivity (Wildman–Crippen MR) is 55.7 cm³/mol. The molecule has 0 spiro atoms. The van der Waals surface area contributed by atoms with E-state index in [-0.39, 0.29) is 29.7 Å². The summed E-state index contributed by atoms with van der Waals surface area (Å²) in [5, 5.41) is 0. The first-order valence-corrected chi connectivity index (χ1v) is 5.37. The fraction of sp³-hybridized carbons (Fsp3) is 0.636. The molecule has 2 aliphatic rings. The Morgan fingerprint density at radius 1 is 1.33 bits per heavy atom. The van der Waals surface area contributed by atoms with Crippen molar-refractivity contribution in [3.63, 3.8) is 0 Å². The van der Waals surface area contributed by atoms with Crippen molar-refractivity contribution in [3.8, 4) is 0 Å². The third kappa shape index (κ3) is 1.69. The molecule has 1 aliphatic heterocycles. The lowest BCUT2D eigenvalue weighted by molar-refractivity contribution is -0.140. The van der Waals surface area contributed by atoms with Crippen LogP contribution in [0.15, 0.2) is 12.2 Å². The zero-order chi connectivity index (χ0) is 11.0. The summed E-state index contributed by atoms with van der Waals surface area (Å²) in [6.07, 6.45) is 5.37. The zero-order valence-electron chi connectivity index (χ0n) is 8.85. The Kier molecular flexibility index (Phi) is 2.61. The topological polar surface area (TPSA) is 63.4 Å². The Balaban J connectivity index is 2.17. The van der Waals surface area contributed by atoms with Crippen LogP contribution < -0.4 is 5.73 Å². The number of hydrogen-bond acceptors (Lipinski definition) is 3. The van der Waals surface area contributed by atoms with Gasteiger partial charge in [0.2, 0.25) is 11.8 Å². The number of nitrogens with zero attached hydrogens (tertiary/aromatic N) is 1. The van der Waals surface area contributed by atoms with Crippen LogP contribution in [0.5, 0.6) is 0 Å². The van der Waals surface area contributed by atoms with Crippen molar-refractivity contribution in [2.75, 3.05) is 6.54 Å². The van der Waals surface area contributed by atoms with Crippen molar-refractivity contribution in [1.82, 2.24) is 4.90 Å². The molecule has 4 heteroatoms. The fourth-order valence-electron chi connectivity index (χ4n) is 2.34. The van der Waals surface area contributed by atoms with Crippen LogP contribution in [0.2, 0.25) is 0 Å². The molecule has 0 aromatic carbocycles. The molecule has 0 bridgehead atoms. The highest BCUT2D eigenvalue weighted by Gasteiger charge is 2.46. The summed E-state index contributed by atoms with van der Waals surface area (Å²) in [6, 6.07) is -0.147. The van der Waals surface area contributed by atoms with Crippen molar-refractivity contribution in [2.24, 2.45) is 17.6 Å². The van der Waals surface area contributed by atoms with Crippen molar-refractivity contribution in [2.45, 2.75) is 25.8 Å². The SMILES string of the molecule is CC(N)CN1C(=O)C2CC=CCC2C1=O. The molecule has 82 valence electrons. The van der Waals surface area contributed by atoms with Gasteiger partial charge in [-0.3, -0.25) is 14.5 Å². The standard InChI is InChI=1S/C11H16N2O2/c1-7(12)6-13-10(14)8-4-2-3-5-9(8)11(13)15/h2-3,7-9H,4-6,12H2,1H3. The van der Waals surface area contributed by atoms with Gasteiger partial charge in [0.15, 0.2) is 0 Å². The largest absolute Gasteiger partial charge is 0.326 e. The quantitative estimate of drug-likeness (QED) is 0.524. The zero-order valence-corrected chi connectivity index (χ0v) is 8.85. The van der Waals surface area contributed by atoms with Gasteiger partial charge in [-0.25, -0.2) is 0 Å². The summed E-state index contributed by atoms with van der Waals surface area (Å²) in [6.45, 7) is 2.16. The lowest BCUT2D eigenvalue weighted by Gasteiger charge is -2.16. The second-order valence-corrected chi connectivity index (χ2v) is 4.42. The number of allylic oxidation sites excluding steroid dienone is 2. The van der Waals surface area contributed by atoms with Crippen molar-refractivity contribution in [3.05, 3.63) is 12.2 Å². The van der Waals surface area contributed by atoms with E-state index >= 15 is 0 Å². The van der Waals surface area contributed by atoms with Crippen LogP contribution in [0.4, 0.5) is 0 Å². The molecule has 15 heavy (non-hydrogen) atoms. The molecular weight excluding hydrogens is 192 g/mol. The van der Waals surface area contributed by atoms with E-state index < -0.39 is 0 Å². The molecule has 0 aromatic rings. The summed E-state index contributed by atoms with van der Waals surface area (Å²) in [5.41, 5.74) is 5.62. The molecular formula is C11H16N2O2. The average molecular weight is 208 g/mol. The highest BCUT2D eigenvalue weighted by Crippen LogP contribution is 2.34. The minimum Gasteiger partial charge on any atom is -0.326 e. The molecule has 3 atom stereocenters. The lowest BCUT2D eigenvalue weighted by Crippen LogP contribution is -2.40. The summed E-state index contributed by atoms with van der Waals surface area (Å²) in [5.74, 6) is -0.319. The van der Waals surface area contributed by atoms with Crippen LogP contribution >= 0.6 is 0 Å². The van der Waals surface area contributed by atoms with Gasteiger partial charge in [0, 0.05) is 12.6 Å². The van der Waals surface area contributed by atoms with Gasteiger partial charge in [-0.1, -0.05) is 12.2 Å². The minimum absolute atomic E-state index is 0.0355. The molecule has 1 aliphatic carbocycles. The number of imide groups is 1. The fourth-order valence-corrected chi connectivity index (χ4v) is 2.34. The highest BCUT2D eigenvalue weighted by molar-refractivity contribution is 6.05. The number of fused-ring (bicyclic) bond motifs is 1. The molecule has 0 aromatic heterocycles. The summed E-state index contributed by atoms with van der Waals surface area (Å²) >= 11 is 0. The molecule has 0 radical (unpaired) electrons. The van der Waals surface area contributed by atoms with Gasteiger partial charge in [0.25, 0.3) is 0 Å². The first-order valence-electron chi connectivity index (χ1n) is 5.37. The number of carbonyl (C=O) groups excluding carboxylic acids is 2. The number of carbonyl (C=O) groups is 2. The van der Waals surface area contributed by atoms with E-state index in [1.165, 1.54) is 4.90 Å². The van der Waals surface area contributed by atoms with Gasteiger partial charge in [-0.2, -0.15) is 0 Å². The molecule has 2 rings (SSSR count). The number of hydrogen-bond donors (Lipinski definition) is 1. The maximum absolute atomic E-state index is 11.9. The number of likely N-dealkylation sites (tertiary alicyclic amines) is 1. The Morgan fingerprint density at radius 3 is 2.20 bits per heavy atom. The van der Waals surface area contributed by atoms with Gasteiger partial charge in [-0.05, 0) is 19.8 Å². The Morgan fingerprint density at radius 2 is 1.80 bits per heavy atom. The first-order chi connectivity index (χ1) is 7.11. The van der Waals surface area contributed by atoms with Gasteiger partial charge < -0.3 is 5.73 Å². The van der Waals surface area contributed by atoms with E-state index in [4.69, 9.17) is 5.73 Å². The van der Waals surface area contributed by atoms with Gasteiger partial charge in [-0.15, -0.1) is 0 Å². The first kappa shape index (κ1) is 10.4. The molecule has 4 nitrogen and oxygen atoms in total. The van der Waals surface area contributed by atoms with Crippen LogP contribution in [0.3, 0.4) is 0 Å². The lowest BCUT2D eigenvalue weighted by atomic mass is 9.85. The Labute approximate surface area is 89.1 Å². The second kappa shape index (κ2) is 3.77. The Hall–Kier alpha value is -1.16. The number of amides is 2. The van der Waals surface area contributed by atoms with Crippen molar-refractivity contribution >= 4 is 11.8 Å². The predicted octanol–water partition coefficient (Wildman–Crippen LogP) is 0.285. The summed E-state index contributed by atoms with van der Waals surface area (Å²) < 4.78 is 0. The summed E-state index contributed by atoms with van der Waals surface area (Å²) in [4.78, 5) is 25.1. The van der Waals surface area contributed by atoms with E-state index in [1.807, 2.05) is 12.2 Å². The van der Waals surface area contributed by atoms with Gasteiger partial charge in [0.05, 0.1) is 11.8 Å². The molecule has 1 fully saturated rings. The molecule has 1 heterocycles. The van der Waals surface area contributed by atoms with Crippen LogP contribution in [0, 0.1) is 11.8 Å². The van der Waals surface area contributed by atoms with E-state index in [2.05, 4.69) is 0 Å². The average Bonchev–Trinajstić information content (AvgIpc) is 2.44. The van der Waals surface area contributed by atoms with E-state index in [9.17, 15) is 9.59 Å². The van der Waals surface area contributed by atoms with Crippen LogP contribution in [-0.2, 0) is 9.59 Å². The van der Waals surface area contributed by atoms with Crippen LogP contribution in [0.25, 0.3) is 0 Å². The van der Waals surface area contributed by atoms with Gasteiger partial charge in [0.1, 0.15) is 0 Å². The molecule has 3 unspecified atom stereocenters.